The summed E-state index contributed by atoms with van der Waals surface area (Å²) in [6.45, 7) is 1.70. The molecule has 3 N–H and O–H groups in total. The van der Waals surface area contributed by atoms with Crippen LogP contribution in [-0.2, 0) is 0 Å². The van der Waals surface area contributed by atoms with Crippen LogP contribution in [-0.4, -0.2) is 17.2 Å². The molecule has 0 bridgehead atoms. The Hall–Kier alpha value is -1.55. The van der Waals surface area contributed by atoms with Crippen LogP contribution in [0.4, 0.5) is 10.5 Å². The molecule has 1 aromatic rings. The third-order valence-electron chi connectivity index (χ3n) is 2.54. The summed E-state index contributed by atoms with van der Waals surface area (Å²) in [6.07, 6.45) is 1.62. The average Bonchev–Trinajstić information content (AvgIpc) is 3.01. The predicted octanol–water partition coefficient (Wildman–Crippen LogP) is 2.02. The van der Waals surface area contributed by atoms with E-state index in [1.165, 1.54) is 0 Å². The molecule has 0 spiro atoms. The van der Waals surface area contributed by atoms with Crippen molar-refractivity contribution in [2.75, 3.05) is 5.32 Å². The molecule has 0 aromatic heterocycles. The van der Waals surface area contributed by atoms with Crippen molar-refractivity contribution in [3.8, 4) is 0 Å². The predicted molar refractivity (Wildman–Crippen MR) is 62.3 cm³/mol. The number of hydrogen-bond acceptors (Lipinski definition) is 2. The lowest BCUT2D eigenvalue weighted by atomic mass is 10.1. The van der Waals surface area contributed by atoms with Gasteiger partial charge in [-0.2, -0.15) is 0 Å². The van der Waals surface area contributed by atoms with Crippen LogP contribution >= 0.6 is 0 Å². The van der Waals surface area contributed by atoms with E-state index >= 15 is 0 Å². The highest BCUT2D eigenvalue weighted by Crippen LogP contribution is 2.20. The molecule has 86 valence electrons. The summed E-state index contributed by atoms with van der Waals surface area (Å²) in [5.74, 6) is 0. The second-order valence-electron chi connectivity index (χ2n) is 4.17. The summed E-state index contributed by atoms with van der Waals surface area (Å²) >= 11 is 0. The SMILES string of the molecule is CC(O)c1cccc(NC(=O)NC2CC2)c1. The minimum Gasteiger partial charge on any atom is -0.389 e. The van der Waals surface area contributed by atoms with Crippen LogP contribution in [0.3, 0.4) is 0 Å². The number of aliphatic hydroxyl groups excluding tert-OH is 1. The molecule has 0 heterocycles. The van der Waals surface area contributed by atoms with Crippen molar-refractivity contribution in [1.82, 2.24) is 5.32 Å². The fourth-order valence-electron chi connectivity index (χ4n) is 1.46. The monoisotopic (exact) mass is 220 g/mol. The van der Waals surface area contributed by atoms with Crippen molar-refractivity contribution in [1.29, 1.82) is 0 Å². The zero-order chi connectivity index (χ0) is 11.5. The molecule has 16 heavy (non-hydrogen) atoms. The molecule has 2 rings (SSSR count). The molecule has 1 saturated carbocycles. The lowest BCUT2D eigenvalue weighted by molar-refractivity contribution is 0.199. The molecule has 0 radical (unpaired) electrons. The molecular weight excluding hydrogens is 204 g/mol. The first kappa shape index (κ1) is 11.0. The Labute approximate surface area is 94.7 Å². The van der Waals surface area contributed by atoms with Crippen molar-refractivity contribution in [2.45, 2.75) is 31.9 Å². The number of aliphatic hydroxyl groups is 1. The number of rotatable bonds is 3. The number of carbonyl (C=O) groups is 1. The number of nitrogens with one attached hydrogen (secondary N) is 2. The maximum absolute atomic E-state index is 11.5. The van der Waals surface area contributed by atoms with Gasteiger partial charge in [-0.1, -0.05) is 12.1 Å². The van der Waals surface area contributed by atoms with Crippen LogP contribution in [0.25, 0.3) is 0 Å². The number of urea groups is 1. The van der Waals surface area contributed by atoms with E-state index in [0.717, 1.165) is 18.4 Å². The minimum absolute atomic E-state index is 0.176. The van der Waals surface area contributed by atoms with E-state index < -0.39 is 6.10 Å². The van der Waals surface area contributed by atoms with Gasteiger partial charge in [0.25, 0.3) is 0 Å². The van der Waals surface area contributed by atoms with Gasteiger partial charge in [-0.3, -0.25) is 0 Å². The van der Waals surface area contributed by atoms with E-state index in [4.69, 9.17) is 0 Å². The summed E-state index contributed by atoms with van der Waals surface area (Å²) in [4.78, 5) is 11.5. The average molecular weight is 220 g/mol. The number of benzene rings is 1. The lowest BCUT2D eigenvalue weighted by Gasteiger charge is -2.09. The first-order valence-electron chi connectivity index (χ1n) is 5.50. The molecule has 2 amide bonds. The smallest absolute Gasteiger partial charge is 0.319 e. The topological polar surface area (TPSA) is 61.4 Å². The maximum atomic E-state index is 11.5. The van der Waals surface area contributed by atoms with Crippen molar-refractivity contribution >= 4 is 11.7 Å². The van der Waals surface area contributed by atoms with E-state index in [0.29, 0.717) is 11.7 Å². The fourth-order valence-corrected chi connectivity index (χ4v) is 1.46. The Morgan fingerprint density at radius 3 is 2.88 bits per heavy atom. The highest BCUT2D eigenvalue weighted by atomic mass is 16.3. The molecule has 4 heteroatoms. The van der Waals surface area contributed by atoms with Gasteiger partial charge in [-0.05, 0) is 37.5 Å². The highest BCUT2D eigenvalue weighted by molar-refractivity contribution is 5.89. The Kier molecular flexibility index (Phi) is 3.10. The van der Waals surface area contributed by atoms with Crippen LogP contribution in [0.2, 0.25) is 0 Å². The van der Waals surface area contributed by atoms with Crippen molar-refractivity contribution < 1.29 is 9.90 Å². The third kappa shape index (κ3) is 2.97. The second kappa shape index (κ2) is 4.53. The van der Waals surface area contributed by atoms with Crippen LogP contribution < -0.4 is 10.6 Å². The highest BCUT2D eigenvalue weighted by Gasteiger charge is 2.23. The second-order valence-corrected chi connectivity index (χ2v) is 4.17. The lowest BCUT2D eigenvalue weighted by Crippen LogP contribution is -2.30. The standard InChI is InChI=1S/C12H16N2O2/c1-8(15)9-3-2-4-11(7-9)14-12(16)13-10-5-6-10/h2-4,7-8,10,15H,5-6H2,1H3,(H2,13,14,16). The van der Waals surface area contributed by atoms with Crippen molar-refractivity contribution in [2.24, 2.45) is 0 Å². The zero-order valence-corrected chi connectivity index (χ0v) is 9.23. The van der Waals surface area contributed by atoms with Gasteiger partial charge in [0.05, 0.1) is 6.10 Å². The van der Waals surface area contributed by atoms with E-state index in [-0.39, 0.29) is 6.03 Å². The third-order valence-corrected chi connectivity index (χ3v) is 2.54. The fraction of sp³-hybridized carbons (Fsp3) is 0.417. The van der Waals surface area contributed by atoms with E-state index in [1.807, 2.05) is 12.1 Å². The van der Waals surface area contributed by atoms with Gasteiger partial charge < -0.3 is 15.7 Å². The molecule has 1 unspecified atom stereocenters. The van der Waals surface area contributed by atoms with Gasteiger partial charge in [-0.25, -0.2) is 4.79 Å². The molecule has 1 aromatic carbocycles. The molecule has 1 aliphatic rings. The van der Waals surface area contributed by atoms with E-state index in [1.54, 1.807) is 19.1 Å². The van der Waals surface area contributed by atoms with Gasteiger partial charge in [0, 0.05) is 11.7 Å². The number of hydrogen-bond donors (Lipinski definition) is 3. The summed E-state index contributed by atoms with van der Waals surface area (Å²) in [6, 6.07) is 7.39. The Morgan fingerprint density at radius 1 is 1.50 bits per heavy atom. The number of amides is 2. The van der Waals surface area contributed by atoms with Crippen LogP contribution in [0, 0.1) is 0 Å². The summed E-state index contributed by atoms with van der Waals surface area (Å²) in [5.41, 5.74) is 1.50. The number of anilines is 1. The van der Waals surface area contributed by atoms with Gasteiger partial charge in [0.1, 0.15) is 0 Å². The van der Waals surface area contributed by atoms with E-state index in [9.17, 15) is 9.90 Å². The molecular formula is C12H16N2O2. The van der Waals surface area contributed by atoms with Gasteiger partial charge in [0.2, 0.25) is 0 Å². The normalized spacial score (nSPS) is 16.6. The molecule has 0 saturated heterocycles. The Balaban J connectivity index is 1.97. The minimum atomic E-state index is -0.520. The van der Waals surface area contributed by atoms with Crippen molar-refractivity contribution in [3.63, 3.8) is 0 Å². The Morgan fingerprint density at radius 2 is 2.25 bits per heavy atom. The molecule has 0 aliphatic heterocycles. The number of carbonyl (C=O) groups excluding carboxylic acids is 1. The Bertz CT molecular complexity index is 386. The zero-order valence-electron chi connectivity index (χ0n) is 9.23. The quantitative estimate of drug-likeness (QED) is 0.729. The first-order valence-corrected chi connectivity index (χ1v) is 5.50. The summed E-state index contributed by atoms with van der Waals surface area (Å²) in [7, 11) is 0. The first-order chi connectivity index (χ1) is 7.65. The van der Waals surface area contributed by atoms with E-state index in [2.05, 4.69) is 10.6 Å². The summed E-state index contributed by atoms with van der Waals surface area (Å²) in [5, 5.41) is 15.0. The van der Waals surface area contributed by atoms with Crippen LogP contribution in [0.15, 0.2) is 24.3 Å². The van der Waals surface area contributed by atoms with Crippen LogP contribution in [0.1, 0.15) is 31.4 Å². The largest absolute Gasteiger partial charge is 0.389 e. The van der Waals surface area contributed by atoms with Crippen LogP contribution in [0.5, 0.6) is 0 Å². The molecule has 4 nitrogen and oxygen atoms in total. The molecule has 1 aliphatic carbocycles. The molecule has 1 atom stereocenters. The molecule has 1 fully saturated rings. The van der Waals surface area contributed by atoms with Crippen molar-refractivity contribution in [3.05, 3.63) is 29.8 Å². The van der Waals surface area contributed by atoms with Gasteiger partial charge in [0.15, 0.2) is 0 Å². The van der Waals surface area contributed by atoms with Gasteiger partial charge >= 0.3 is 6.03 Å². The van der Waals surface area contributed by atoms with Gasteiger partial charge in [-0.15, -0.1) is 0 Å². The maximum Gasteiger partial charge on any atom is 0.319 e. The summed E-state index contributed by atoms with van der Waals surface area (Å²) < 4.78 is 0.